The lowest BCUT2D eigenvalue weighted by molar-refractivity contribution is 0.637. The van der Waals surface area contributed by atoms with Gasteiger partial charge in [-0.1, -0.05) is 23.7 Å². The van der Waals surface area contributed by atoms with Crippen LogP contribution in [-0.4, -0.2) is 11.5 Å². The number of nitrogens with zero attached hydrogens (tertiary/aromatic N) is 1. The van der Waals surface area contributed by atoms with E-state index in [-0.39, 0.29) is 0 Å². The van der Waals surface area contributed by atoms with Crippen LogP contribution in [0.3, 0.4) is 0 Å². The summed E-state index contributed by atoms with van der Waals surface area (Å²) < 4.78 is 0. The second-order valence-corrected chi connectivity index (χ2v) is 6.25. The summed E-state index contributed by atoms with van der Waals surface area (Å²) in [6.07, 6.45) is 4.71. The van der Waals surface area contributed by atoms with Gasteiger partial charge in [-0.05, 0) is 43.0 Å². The Bertz CT molecular complexity index is 534. The van der Waals surface area contributed by atoms with Gasteiger partial charge in [0.25, 0.3) is 0 Å². The second-order valence-electron chi connectivity index (χ2n) is 4.70. The lowest BCUT2D eigenvalue weighted by Gasteiger charge is -1.99. The third-order valence-corrected chi connectivity index (χ3v) is 4.35. The molecule has 3 rings (SSSR count). The van der Waals surface area contributed by atoms with Gasteiger partial charge in [-0.3, -0.25) is 0 Å². The molecular formula is C14H15ClN2S. The Labute approximate surface area is 116 Å². The molecule has 0 saturated heterocycles. The third-order valence-electron chi connectivity index (χ3n) is 3.07. The van der Waals surface area contributed by atoms with Crippen molar-refractivity contribution in [2.45, 2.75) is 19.4 Å². The Morgan fingerprint density at radius 1 is 1.39 bits per heavy atom. The van der Waals surface area contributed by atoms with Crippen molar-refractivity contribution in [1.82, 2.24) is 10.3 Å². The molecule has 0 bridgehead atoms. The molecule has 4 heteroatoms. The van der Waals surface area contributed by atoms with Gasteiger partial charge in [0, 0.05) is 17.8 Å². The number of thiazole rings is 1. The predicted octanol–water partition coefficient (Wildman–Crippen LogP) is 3.96. The highest BCUT2D eigenvalue weighted by Crippen LogP contribution is 2.29. The minimum Gasteiger partial charge on any atom is -0.310 e. The molecule has 1 heterocycles. The summed E-state index contributed by atoms with van der Waals surface area (Å²) in [4.78, 5) is 5.63. The zero-order valence-corrected chi connectivity index (χ0v) is 11.6. The highest BCUT2D eigenvalue weighted by molar-refractivity contribution is 7.15. The molecule has 94 valence electrons. The first-order valence-electron chi connectivity index (χ1n) is 6.22. The normalized spacial score (nSPS) is 14.9. The first-order chi connectivity index (χ1) is 8.81. The minimum atomic E-state index is 0.773. The molecule has 0 radical (unpaired) electrons. The van der Waals surface area contributed by atoms with Gasteiger partial charge < -0.3 is 5.32 Å². The van der Waals surface area contributed by atoms with Crippen molar-refractivity contribution in [3.63, 3.8) is 0 Å². The number of benzene rings is 1. The summed E-state index contributed by atoms with van der Waals surface area (Å²) in [6.45, 7) is 2.01. The van der Waals surface area contributed by atoms with E-state index in [1.54, 1.807) is 11.3 Å². The number of halogens is 1. The molecule has 18 heavy (non-hydrogen) atoms. The maximum atomic E-state index is 6.00. The van der Waals surface area contributed by atoms with Crippen LogP contribution in [0.4, 0.5) is 0 Å². The van der Waals surface area contributed by atoms with Crippen LogP contribution in [0, 0.1) is 5.92 Å². The molecule has 0 amide bonds. The minimum absolute atomic E-state index is 0.773. The Kier molecular flexibility index (Phi) is 3.64. The van der Waals surface area contributed by atoms with Crippen LogP contribution in [0.1, 0.15) is 17.8 Å². The van der Waals surface area contributed by atoms with Gasteiger partial charge in [0.15, 0.2) is 0 Å². The summed E-state index contributed by atoms with van der Waals surface area (Å²) in [5.41, 5.74) is 1.15. The second kappa shape index (κ2) is 5.39. The number of nitrogens with one attached hydrogen (secondary N) is 1. The first-order valence-corrected chi connectivity index (χ1v) is 7.42. The van der Waals surface area contributed by atoms with E-state index in [0.29, 0.717) is 0 Å². The number of hydrogen-bond acceptors (Lipinski definition) is 3. The van der Waals surface area contributed by atoms with Crippen molar-refractivity contribution in [3.8, 4) is 10.4 Å². The van der Waals surface area contributed by atoms with E-state index in [4.69, 9.17) is 11.6 Å². The van der Waals surface area contributed by atoms with Crippen LogP contribution < -0.4 is 5.32 Å². The van der Waals surface area contributed by atoms with Gasteiger partial charge in [-0.25, -0.2) is 4.98 Å². The molecule has 0 spiro atoms. The van der Waals surface area contributed by atoms with Crippen molar-refractivity contribution in [1.29, 1.82) is 0 Å². The number of aromatic nitrogens is 1. The number of hydrogen-bond donors (Lipinski definition) is 1. The van der Waals surface area contributed by atoms with Crippen molar-refractivity contribution in [2.75, 3.05) is 6.54 Å². The summed E-state index contributed by atoms with van der Waals surface area (Å²) in [5, 5.41) is 5.38. The summed E-state index contributed by atoms with van der Waals surface area (Å²) in [6, 6.07) is 7.92. The maximum absolute atomic E-state index is 6.00. The fourth-order valence-corrected chi connectivity index (χ4v) is 2.95. The van der Waals surface area contributed by atoms with Crippen LogP contribution in [0.2, 0.25) is 5.02 Å². The molecule has 0 aliphatic heterocycles. The van der Waals surface area contributed by atoms with E-state index >= 15 is 0 Å². The molecular weight excluding hydrogens is 264 g/mol. The van der Waals surface area contributed by atoms with E-state index < -0.39 is 0 Å². The Morgan fingerprint density at radius 3 is 3.06 bits per heavy atom. The van der Waals surface area contributed by atoms with Gasteiger partial charge in [-0.2, -0.15) is 0 Å². The van der Waals surface area contributed by atoms with Crippen LogP contribution in [0.5, 0.6) is 0 Å². The van der Waals surface area contributed by atoms with Crippen LogP contribution in [0.25, 0.3) is 10.4 Å². The molecule has 0 unspecified atom stereocenters. The highest BCUT2D eigenvalue weighted by Gasteiger charge is 2.20. The van der Waals surface area contributed by atoms with Crippen molar-refractivity contribution in [2.24, 2.45) is 5.92 Å². The topological polar surface area (TPSA) is 24.9 Å². The molecule has 1 aromatic carbocycles. The largest absolute Gasteiger partial charge is 0.310 e. The van der Waals surface area contributed by atoms with Gasteiger partial charge in [0.05, 0.1) is 4.88 Å². The molecule has 2 aromatic rings. The lowest BCUT2D eigenvalue weighted by Crippen LogP contribution is -2.15. The van der Waals surface area contributed by atoms with Crippen LogP contribution in [-0.2, 0) is 6.54 Å². The first kappa shape index (κ1) is 12.2. The maximum Gasteiger partial charge on any atom is 0.107 e. The molecule has 1 N–H and O–H groups in total. The molecule has 1 saturated carbocycles. The average molecular weight is 279 g/mol. The van der Waals surface area contributed by atoms with E-state index in [2.05, 4.69) is 16.4 Å². The predicted molar refractivity (Wildman–Crippen MR) is 77.0 cm³/mol. The van der Waals surface area contributed by atoms with Crippen molar-refractivity contribution in [3.05, 3.63) is 40.5 Å². The zero-order chi connectivity index (χ0) is 12.4. The average Bonchev–Trinajstić information content (AvgIpc) is 3.06. The fourth-order valence-electron chi connectivity index (χ4n) is 1.87. The quantitative estimate of drug-likeness (QED) is 0.895. The summed E-state index contributed by atoms with van der Waals surface area (Å²) >= 11 is 7.73. The third kappa shape index (κ3) is 3.10. The van der Waals surface area contributed by atoms with E-state index in [0.717, 1.165) is 34.6 Å². The molecule has 1 aromatic heterocycles. The monoisotopic (exact) mass is 278 g/mol. The number of rotatable bonds is 5. The van der Waals surface area contributed by atoms with Crippen LogP contribution >= 0.6 is 22.9 Å². The smallest absolute Gasteiger partial charge is 0.107 e. The Morgan fingerprint density at radius 2 is 2.28 bits per heavy atom. The van der Waals surface area contributed by atoms with E-state index in [1.807, 2.05) is 24.4 Å². The lowest BCUT2D eigenvalue weighted by atomic mass is 10.2. The highest BCUT2D eigenvalue weighted by atomic mass is 35.5. The van der Waals surface area contributed by atoms with E-state index in [1.165, 1.54) is 17.7 Å². The molecule has 1 aliphatic rings. The standard InChI is InChI=1S/C14H15ClN2S/c15-12-3-1-2-11(6-12)13-8-17-14(18-13)9-16-7-10-4-5-10/h1-3,6,8,10,16H,4-5,7,9H2. The zero-order valence-electron chi connectivity index (χ0n) is 10.0. The van der Waals surface area contributed by atoms with Gasteiger partial charge in [-0.15, -0.1) is 11.3 Å². The van der Waals surface area contributed by atoms with Crippen molar-refractivity contribution < 1.29 is 0 Å². The Hall–Kier alpha value is -0.900. The van der Waals surface area contributed by atoms with E-state index in [9.17, 15) is 0 Å². The SMILES string of the molecule is Clc1cccc(-c2cnc(CNCC3CC3)s2)c1. The van der Waals surface area contributed by atoms with Crippen molar-refractivity contribution >= 4 is 22.9 Å². The molecule has 2 nitrogen and oxygen atoms in total. The summed E-state index contributed by atoms with van der Waals surface area (Å²) in [5.74, 6) is 0.914. The van der Waals surface area contributed by atoms with Gasteiger partial charge >= 0.3 is 0 Å². The molecule has 1 aliphatic carbocycles. The van der Waals surface area contributed by atoms with Crippen LogP contribution in [0.15, 0.2) is 30.5 Å². The Balaban J connectivity index is 1.64. The molecule has 0 atom stereocenters. The molecule has 1 fully saturated rings. The summed E-state index contributed by atoms with van der Waals surface area (Å²) in [7, 11) is 0. The fraction of sp³-hybridized carbons (Fsp3) is 0.357. The van der Waals surface area contributed by atoms with Gasteiger partial charge in [0.2, 0.25) is 0 Å². The van der Waals surface area contributed by atoms with Gasteiger partial charge in [0.1, 0.15) is 5.01 Å².